The van der Waals surface area contributed by atoms with E-state index in [2.05, 4.69) is 0 Å². The second-order valence-electron chi connectivity index (χ2n) is 4.82. The molecule has 1 unspecified atom stereocenters. The van der Waals surface area contributed by atoms with Gasteiger partial charge in [0.15, 0.2) is 0 Å². The molecule has 0 aromatic heterocycles. The van der Waals surface area contributed by atoms with Gasteiger partial charge in [-0.2, -0.15) is 4.31 Å². The summed E-state index contributed by atoms with van der Waals surface area (Å²) in [5.74, 6) is -1.21. The number of benzene rings is 1. The average Bonchev–Trinajstić information content (AvgIpc) is 2.88. The number of hydrogen-bond donors (Lipinski definition) is 1. The molecule has 1 fully saturated rings. The maximum Gasteiger partial charge on any atom is 0.322 e. The Kier molecular flexibility index (Phi) is 3.97. The molecule has 8 nitrogen and oxygen atoms in total. The molecule has 1 heterocycles. The van der Waals surface area contributed by atoms with E-state index in [0.29, 0.717) is 12.0 Å². The summed E-state index contributed by atoms with van der Waals surface area (Å²) < 4.78 is 26.1. The Bertz CT molecular complexity index is 700. The maximum atomic E-state index is 12.6. The van der Waals surface area contributed by atoms with Crippen molar-refractivity contribution < 1.29 is 23.2 Å². The molecule has 1 atom stereocenters. The van der Waals surface area contributed by atoms with E-state index in [1.165, 1.54) is 19.1 Å². The second-order valence-corrected chi connectivity index (χ2v) is 6.68. The highest BCUT2D eigenvalue weighted by atomic mass is 32.2. The normalized spacial score (nSPS) is 19.6. The summed E-state index contributed by atoms with van der Waals surface area (Å²) in [6.07, 6.45) is 0.687. The van der Waals surface area contributed by atoms with Gasteiger partial charge in [-0.1, -0.05) is 6.07 Å². The van der Waals surface area contributed by atoms with Crippen LogP contribution in [0.5, 0.6) is 0 Å². The Balaban J connectivity index is 2.51. The quantitative estimate of drug-likeness (QED) is 0.657. The van der Waals surface area contributed by atoms with Crippen molar-refractivity contribution in [3.63, 3.8) is 0 Å². The predicted molar refractivity (Wildman–Crippen MR) is 72.4 cm³/mol. The maximum absolute atomic E-state index is 12.6. The number of nitro benzene ring substituents is 1. The molecule has 1 aromatic carbocycles. The van der Waals surface area contributed by atoms with E-state index < -0.39 is 27.0 Å². The molecule has 9 heteroatoms. The molecule has 1 aliphatic heterocycles. The van der Waals surface area contributed by atoms with Crippen LogP contribution in [0.1, 0.15) is 18.4 Å². The SMILES string of the molecule is Cc1ccc([N+](=O)[O-])cc1S(=O)(=O)N1CCCC1C(=O)O. The zero-order chi connectivity index (χ0) is 15.8. The summed E-state index contributed by atoms with van der Waals surface area (Å²) in [7, 11) is -4.07. The Morgan fingerprint density at radius 2 is 2.14 bits per heavy atom. The minimum Gasteiger partial charge on any atom is -0.480 e. The van der Waals surface area contributed by atoms with E-state index >= 15 is 0 Å². The van der Waals surface area contributed by atoms with Gasteiger partial charge in [-0.3, -0.25) is 14.9 Å². The van der Waals surface area contributed by atoms with Crippen LogP contribution in [0.15, 0.2) is 23.1 Å². The molecule has 114 valence electrons. The number of aryl methyl sites for hydroxylation is 1. The topological polar surface area (TPSA) is 118 Å². The molecule has 1 aliphatic rings. The Morgan fingerprint density at radius 3 is 2.71 bits per heavy atom. The molecule has 0 saturated carbocycles. The van der Waals surface area contributed by atoms with Crippen molar-refractivity contribution in [3.05, 3.63) is 33.9 Å². The Morgan fingerprint density at radius 1 is 1.48 bits per heavy atom. The summed E-state index contributed by atoms with van der Waals surface area (Å²) in [5, 5.41) is 19.9. The highest BCUT2D eigenvalue weighted by Crippen LogP contribution is 2.30. The number of carbonyl (C=O) groups is 1. The van der Waals surface area contributed by atoms with Crippen LogP contribution in [-0.2, 0) is 14.8 Å². The van der Waals surface area contributed by atoms with Crippen LogP contribution in [0.2, 0.25) is 0 Å². The van der Waals surface area contributed by atoms with Crippen LogP contribution >= 0.6 is 0 Å². The molecule has 0 aliphatic carbocycles. The second kappa shape index (κ2) is 5.41. The summed E-state index contributed by atoms with van der Waals surface area (Å²) in [4.78, 5) is 21.0. The molecule has 1 N–H and O–H groups in total. The van der Waals surface area contributed by atoms with Gasteiger partial charge in [0.2, 0.25) is 10.0 Å². The zero-order valence-corrected chi connectivity index (χ0v) is 12.0. The zero-order valence-electron chi connectivity index (χ0n) is 11.2. The first-order chi connectivity index (χ1) is 9.75. The number of hydrogen-bond acceptors (Lipinski definition) is 5. The first-order valence-corrected chi connectivity index (χ1v) is 7.69. The fourth-order valence-electron chi connectivity index (χ4n) is 2.38. The monoisotopic (exact) mass is 314 g/mol. The van der Waals surface area contributed by atoms with E-state index in [1.54, 1.807) is 0 Å². The van der Waals surface area contributed by atoms with Gasteiger partial charge in [0.1, 0.15) is 6.04 Å². The van der Waals surface area contributed by atoms with E-state index in [1.807, 2.05) is 0 Å². The molecule has 0 amide bonds. The average molecular weight is 314 g/mol. The van der Waals surface area contributed by atoms with Crippen LogP contribution in [0.3, 0.4) is 0 Å². The molecular weight excluding hydrogens is 300 g/mol. The van der Waals surface area contributed by atoms with Crippen molar-refractivity contribution >= 4 is 21.7 Å². The summed E-state index contributed by atoms with van der Waals surface area (Å²) in [6.45, 7) is 1.61. The fraction of sp³-hybridized carbons (Fsp3) is 0.417. The van der Waals surface area contributed by atoms with E-state index in [9.17, 15) is 23.3 Å². The number of rotatable bonds is 4. The van der Waals surface area contributed by atoms with Crippen molar-refractivity contribution in [2.24, 2.45) is 0 Å². The number of sulfonamides is 1. The van der Waals surface area contributed by atoms with Crippen LogP contribution < -0.4 is 0 Å². The van der Waals surface area contributed by atoms with Crippen LogP contribution in [0.25, 0.3) is 0 Å². The van der Waals surface area contributed by atoms with Crippen LogP contribution in [-0.4, -0.2) is 41.3 Å². The number of non-ortho nitro benzene ring substituents is 1. The number of nitrogens with zero attached hydrogens (tertiary/aromatic N) is 2. The minimum absolute atomic E-state index is 0.0986. The summed E-state index contributed by atoms with van der Waals surface area (Å²) in [6, 6.07) is 2.42. The van der Waals surface area contributed by atoms with E-state index in [4.69, 9.17) is 5.11 Å². The number of aliphatic carboxylic acids is 1. The van der Waals surface area contributed by atoms with Gasteiger partial charge in [-0.25, -0.2) is 8.42 Å². The summed E-state index contributed by atoms with van der Waals surface area (Å²) in [5.41, 5.74) is 0.00175. The standard InChI is InChI=1S/C12H14N2O6S/c1-8-4-5-9(14(17)18)7-11(8)21(19,20)13-6-2-3-10(13)12(15)16/h4-5,7,10H,2-3,6H2,1H3,(H,15,16). The van der Waals surface area contributed by atoms with Gasteiger partial charge < -0.3 is 5.11 Å². The van der Waals surface area contributed by atoms with Crippen molar-refractivity contribution in [1.29, 1.82) is 0 Å². The molecule has 0 spiro atoms. The van der Waals surface area contributed by atoms with Crippen LogP contribution in [0.4, 0.5) is 5.69 Å². The van der Waals surface area contributed by atoms with Gasteiger partial charge in [0.05, 0.1) is 9.82 Å². The third-order valence-electron chi connectivity index (χ3n) is 3.46. The molecule has 2 rings (SSSR count). The number of carboxylic acid groups (broad SMARTS) is 1. The van der Waals surface area contributed by atoms with Crippen molar-refractivity contribution in [3.8, 4) is 0 Å². The number of carboxylic acids is 1. The third kappa shape index (κ3) is 2.74. The smallest absolute Gasteiger partial charge is 0.322 e. The Hall–Kier alpha value is -2.00. The Labute approximate surface area is 121 Å². The highest BCUT2D eigenvalue weighted by molar-refractivity contribution is 7.89. The van der Waals surface area contributed by atoms with Gasteiger partial charge in [0.25, 0.3) is 5.69 Å². The lowest BCUT2D eigenvalue weighted by molar-refractivity contribution is -0.385. The van der Waals surface area contributed by atoms with Crippen molar-refractivity contribution in [2.75, 3.05) is 6.54 Å². The largest absolute Gasteiger partial charge is 0.480 e. The highest BCUT2D eigenvalue weighted by Gasteiger charge is 2.40. The molecule has 0 radical (unpaired) electrons. The van der Waals surface area contributed by atoms with Gasteiger partial charge in [-0.15, -0.1) is 0 Å². The van der Waals surface area contributed by atoms with Gasteiger partial charge in [0, 0.05) is 18.7 Å². The van der Waals surface area contributed by atoms with Gasteiger partial charge >= 0.3 is 5.97 Å². The summed E-state index contributed by atoms with van der Waals surface area (Å²) >= 11 is 0. The van der Waals surface area contributed by atoms with Gasteiger partial charge in [-0.05, 0) is 25.3 Å². The lowest BCUT2D eigenvalue weighted by Gasteiger charge is -2.21. The molecule has 1 aromatic rings. The molecule has 21 heavy (non-hydrogen) atoms. The van der Waals surface area contributed by atoms with Crippen molar-refractivity contribution in [2.45, 2.75) is 30.7 Å². The molecular formula is C12H14N2O6S. The lowest BCUT2D eigenvalue weighted by Crippen LogP contribution is -2.40. The predicted octanol–water partition coefficient (Wildman–Crippen LogP) is 1.14. The molecule has 1 saturated heterocycles. The first kappa shape index (κ1) is 15.4. The first-order valence-electron chi connectivity index (χ1n) is 6.25. The van der Waals surface area contributed by atoms with E-state index in [0.717, 1.165) is 10.4 Å². The third-order valence-corrected chi connectivity index (χ3v) is 5.51. The van der Waals surface area contributed by atoms with E-state index in [-0.39, 0.29) is 23.5 Å². The van der Waals surface area contributed by atoms with Crippen molar-refractivity contribution in [1.82, 2.24) is 4.31 Å². The minimum atomic E-state index is -4.07. The lowest BCUT2D eigenvalue weighted by atomic mass is 10.2. The fourth-order valence-corrected chi connectivity index (χ4v) is 4.28. The van der Waals surface area contributed by atoms with Crippen LogP contribution in [0, 0.1) is 17.0 Å². The number of nitro groups is 1. The molecule has 0 bridgehead atoms.